The molecule has 0 aromatic heterocycles. The Morgan fingerprint density at radius 3 is 2.42 bits per heavy atom. The van der Waals surface area contributed by atoms with Gasteiger partial charge in [-0.2, -0.15) is 11.8 Å². The van der Waals surface area contributed by atoms with Crippen molar-refractivity contribution in [3.63, 3.8) is 0 Å². The molecule has 0 aliphatic heterocycles. The minimum Gasteiger partial charge on any atom is -0.480 e. The van der Waals surface area contributed by atoms with Crippen LogP contribution in [0.5, 0.6) is 0 Å². The van der Waals surface area contributed by atoms with E-state index < -0.39 is 12.0 Å². The second kappa shape index (κ2) is 9.23. The van der Waals surface area contributed by atoms with E-state index in [-0.39, 0.29) is 5.91 Å². The Morgan fingerprint density at radius 1 is 1.26 bits per heavy atom. The molecule has 0 radical (unpaired) electrons. The molecule has 1 atom stereocenters. The first kappa shape index (κ1) is 16.3. The third kappa shape index (κ3) is 6.85. The third-order valence-corrected chi connectivity index (χ3v) is 4.34. The fourth-order valence-electron chi connectivity index (χ4n) is 2.58. The van der Waals surface area contributed by atoms with Crippen LogP contribution in [0.1, 0.15) is 51.4 Å². The number of hydrogen-bond acceptors (Lipinski definition) is 3. The van der Waals surface area contributed by atoms with Gasteiger partial charge in [-0.1, -0.05) is 25.7 Å². The molecule has 110 valence electrons. The van der Waals surface area contributed by atoms with Crippen LogP contribution < -0.4 is 5.32 Å². The molecular formula is C14H25NO3S. The SMILES string of the molecule is CSCCC(NC(=O)CC1CCCCCC1)C(=O)O. The Balaban J connectivity index is 2.36. The predicted octanol–water partition coefficient (Wildman–Crippen LogP) is 2.67. The largest absolute Gasteiger partial charge is 0.480 e. The fourth-order valence-corrected chi connectivity index (χ4v) is 3.05. The monoisotopic (exact) mass is 287 g/mol. The van der Waals surface area contributed by atoms with Crippen molar-refractivity contribution in [1.82, 2.24) is 5.32 Å². The van der Waals surface area contributed by atoms with E-state index >= 15 is 0 Å². The van der Waals surface area contributed by atoms with Crippen LogP contribution in [0, 0.1) is 5.92 Å². The molecule has 0 aromatic rings. The lowest BCUT2D eigenvalue weighted by molar-refractivity contribution is -0.142. The van der Waals surface area contributed by atoms with Crippen molar-refractivity contribution >= 4 is 23.6 Å². The molecule has 0 aromatic carbocycles. The molecule has 1 saturated carbocycles. The van der Waals surface area contributed by atoms with Crippen molar-refractivity contribution in [1.29, 1.82) is 0 Å². The van der Waals surface area contributed by atoms with Gasteiger partial charge in [-0.05, 0) is 37.2 Å². The summed E-state index contributed by atoms with van der Waals surface area (Å²) < 4.78 is 0. The molecule has 0 bridgehead atoms. The number of rotatable bonds is 7. The summed E-state index contributed by atoms with van der Waals surface area (Å²) in [5.74, 6) is 0.168. The lowest BCUT2D eigenvalue weighted by Gasteiger charge is -2.17. The van der Waals surface area contributed by atoms with Crippen LogP contribution in [0.25, 0.3) is 0 Å². The van der Waals surface area contributed by atoms with Gasteiger partial charge in [0.1, 0.15) is 6.04 Å². The quantitative estimate of drug-likeness (QED) is 0.707. The lowest BCUT2D eigenvalue weighted by atomic mass is 9.96. The molecule has 19 heavy (non-hydrogen) atoms. The lowest BCUT2D eigenvalue weighted by Crippen LogP contribution is -2.41. The predicted molar refractivity (Wildman–Crippen MR) is 78.4 cm³/mol. The highest BCUT2D eigenvalue weighted by Crippen LogP contribution is 2.25. The number of carbonyl (C=O) groups is 2. The highest BCUT2D eigenvalue weighted by Gasteiger charge is 2.22. The van der Waals surface area contributed by atoms with Crippen LogP contribution in [0.2, 0.25) is 0 Å². The summed E-state index contributed by atoms with van der Waals surface area (Å²) in [4.78, 5) is 23.0. The van der Waals surface area contributed by atoms with Gasteiger partial charge in [-0.15, -0.1) is 0 Å². The summed E-state index contributed by atoms with van der Waals surface area (Å²) in [6.45, 7) is 0. The summed E-state index contributed by atoms with van der Waals surface area (Å²) in [5.41, 5.74) is 0. The van der Waals surface area contributed by atoms with Gasteiger partial charge in [0.2, 0.25) is 5.91 Å². The van der Waals surface area contributed by atoms with Gasteiger partial charge in [0, 0.05) is 6.42 Å². The van der Waals surface area contributed by atoms with Gasteiger partial charge in [-0.25, -0.2) is 4.79 Å². The second-order valence-electron chi connectivity index (χ2n) is 5.30. The minimum absolute atomic E-state index is 0.0968. The molecular weight excluding hydrogens is 262 g/mol. The highest BCUT2D eigenvalue weighted by atomic mass is 32.2. The van der Waals surface area contributed by atoms with E-state index in [0.29, 0.717) is 18.8 Å². The molecule has 5 heteroatoms. The molecule has 1 aliphatic rings. The van der Waals surface area contributed by atoms with Crippen LogP contribution >= 0.6 is 11.8 Å². The topological polar surface area (TPSA) is 66.4 Å². The van der Waals surface area contributed by atoms with Crippen molar-refractivity contribution in [2.75, 3.05) is 12.0 Å². The summed E-state index contributed by atoms with van der Waals surface area (Å²) in [6.07, 6.45) is 10.1. The van der Waals surface area contributed by atoms with Gasteiger partial charge in [0.15, 0.2) is 0 Å². The van der Waals surface area contributed by atoms with Crippen molar-refractivity contribution < 1.29 is 14.7 Å². The van der Waals surface area contributed by atoms with Crippen LogP contribution in [-0.2, 0) is 9.59 Å². The average molecular weight is 287 g/mol. The number of nitrogens with one attached hydrogen (secondary N) is 1. The Kier molecular flexibility index (Phi) is 7.94. The van der Waals surface area contributed by atoms with Crippen LogP contribution in [-0.4, -0.2) is 35.0 Å². The first-order valence-electron chi connectivity index (χ1n) is 7.14. The van der Waals surface area contributed by atoms with E-state index in [4.69, 9.17) is 5.11 Å². The summed E-state index contributed by atoms with van der Waals surface area (Å²) in [5, 5.41) is 11.7. The maximum atomic E-state index is 11.9. The van der Waals surface area contributed by atoms with Crippen molar-refractivity contribution in [3.8, 4) is 0 Å². The number of carboxylic acids is 1. The Bertz CT molecular complexity index is 288. The maximum Gasteiger partial charge on any atom is 0.326 e. The highest BCUT2D eigenvalue weighted by molar-refractivity contribution is 7.98. The molecule has 1 fully saturated rings. The van der Waals surface area contributed by atoms with Crippen LogP contribution in [0.3, 0.4) is 0 Å². The zero-order valence-electron chi connectivity index (χ0n) is 11.7. The molecule has 1 amide bonds. The van der Waals surface area contributed by atoms with Gasteiger partial charge in [0.05, 0.1) is 0 Å². The van der Waals surface area contributed by atoms with E-state index in [2.05, 4.69) is 5.32 Å². The second-order valence-corrected chi connectivity index (χ2v) is 6.29. The first-order valence-corrected chi connectivity index (χ1v) is 8.54. The number of carbonyl (C=O) groups excluding carboxylic acids is 1. The maximum absolute atomic E-state index is 11.9. The van der Waals surface area contributed by atoms with Crippen molar-refractivity contribution in [3.05, 3.63) is 0 Å². The molecule has 0 heterocycles. The van der Waals surface area contributed by atoms with Gasteiger partial charge < -0.3 is 10.4 Å². The fraction of sp³-hybridized carbons (Fsp3) is 0.857. The Labute approximate surface area is 119 Å². The number of carboxylic acid groups (broad SMARTS) is 1. The molecule has 1 rings (SSSR count). The summed E-state index contributed by atoms with van der Waals surface area (Å²) >= 11 is 1.60. The van der Waals surface area contributed by atoms with E-state index in [1.165, 1.54) is 25.7 Å². The number of hydrogen-bond donors (Lipinski definition) is 2. The van der Waals surface area contributed by atoms with Crippen molar-refractivity contribution in [2.45, 2.75) is 57.4 Å². The van der Waals surface area contributed by atoms with Gasteiger partial charge in [-0.3, -0.25) is 4.79 Å². The molecule has 2 N–H and O–H groups in total. The number of amides is 1. The minimum atomic E-state index is -0.928. The van der Waals surface area contributed by atoms with E-state index in [0.717, 1.165) is 18.6 Å². The molecule has 1 aliphatic carbocycles. The normalized spacial score (nSPS) is 18.6. The number of aliphatic carboxylic acids is 1. The molecule has 0 saturated heterocycles. The smallest absolute Gasteiger partial charge is 0.326 e. The van der Waals surface area contributed by atoms with E-state index in [1.807, 2.05) is 6.26 Å². The van der Waals surface area contributed by atoms with Crippen LogP contribution in [0.15, 0.2) is 0 Å². The van der Waals surface area contributed by atoms with E-state index in [9.17, 15) is 9.59 Å². The van der Waals surface area contributed by atoms with Crippen molar-refractivity contribution in [2.24, 2.45) is 5.92 Å². The summed E-state index contributed by atoms with van der Waals surface area (Å²) in [6, 6.07) is -0.731. The average Bonchev–Trinajstić information content (AvgIpc) is 2.62. The first-order chi connectivity index (χ1) is 9.13. The molecule has 1 unspecified atom stereocenters. The Hall–Kier alpha value is -0.710. The summed E-state index contributed by atoms with van der Waals surface area (Å²) in [7, 11) is 0. The Morgan fingerprint density at radius 2 is 1.89 bits per heavy atom. The zero-order valence-corrected chi connectivity index (χ0v) is 12.5. The molecule has 0 spiro atoms. The van der Waals surface area contributed by atoms with Gasteiger partial charge >= 0.3 is 5.97 Å². The third-order valence-electron chi connectivity index (χ3n) is 3.69. The van der Waals surface area contributed by atoms with Crippen LogP contribution in [0.4, 0.5) is 0 Å². The van der Waals surface area contributed by atoms with Gasteiger partial charge in [0.25, 0.3) is 0 Å². The van der Waals surface area contributed by atoms with E-state index in [1.54, 1.807) is 11.8 Å². The standard InChI is InChI=1S/C14H25NO3S/c1-19-9-8-12(14(17)18)15-13(16)10-11-6-4-2-3-5-7-11/h11-12H,2-10H2,1H3,(H,15,16)(H,17,18). The molecule has 4 nitrogen and oxygen atoms in total. The zero-order chi connectivity index (χ0) is 14.1. The number of thioether (sulfide) groups is 1.